The van der Waals surface area contributed by atoms with Crippen molar-refractivity contribution in [3.05, 3.63) is 59.9 Å². The maximum Gasteiger partial charge on any atom is 0.410 e. The van der Waals surface area contributed by atoms with Gasteiger partial charge >= 0.3 is 6.09 Å². The number of likely N-dealkylation sites (tertiary alicyclic amines) is 1. The highest BCUT2D eigenvalue weighted by Crippen LogP contribution is 2.30. The summed E-state index contributed by atoms with van der Waals surface area (Å²) in [4.78, 5) is 26.7. The molecule has 2 aromatic carbocycles. The fraction of sp³-hybridized carbons (Fsp3) is 0.452. The van der Waals surface area contributed by atoms with Crippen molar-refractivity contribution in [3.8, 4) is 23.2 Å². The quantitative estimate of drug-likeness (QED) is 0.391. The molecular formula is C31H35FN6O4. The first-order chi connectivity index (χ1) is 20.2. The molecule has 0 unspecified atom stereocenters. The first-order valence-electron chi connectivity index (χ1n) is 14.2. The van der Waals surface area contributed by atoms with Gasteiger partial charge in [0.25, 0.3) is 0 Å². The number of hydrogen-bond donors (Lipinski definition) is 1. The number of piperidine rings is 1. The summed E-state index contributed by atoms with van der Waals surface area (Å²) >= 11 is 0. The number of carbonyl (C=O) groups is 1. The lowest BCUT2D eigenvalue weighted by molar-refractivity contribution is -0.0106. The number of halogens is 1. The number of amides is 1. The van der Waals surface area contributed by atoms with Gasteiger partial charge in [-0.15, -0.1) is 0 Å². The summed E-state index contributed by atoms with van der Waals surface area (Å²) in [6.07, 6.45) is 0.950. The summed E-state index contributed by atoms with van der Waals surface area (Å²) in [7, 11) is 0. The second kappa shape index (κ2) is 12.7. The number of nitrogens with zero attached hydrogens (tertiary/aromatic N) is 5. The number of rotatable bonds is 6. The summed E-state index contributed by atoms with van der Waals surface area (Å²) in [5, 5.41) is 13.0. The van der Waals surface area contributed by atoms with E-state index in [0.717, 1.165) is 31.7 Å². The molecule has 11 heteroatoms. The smallest absolute Gasteiger partial charge is 0.410 e. The van der Waals surface area contributed by atoms with Gasteiger partial charge in [-0.05, 0) is 75.4 Å². The van der Waals surface area contributed by atoms with Crippen molar-refractivity contribution in [2.45, 2.75) is 63.8 Å². The zero-order valence-corrected chi connectivity index (χ0v) is 24.0. The van der Waals surface area contributed by atoms with Crippen LogP contribution in [0.5, 0.6) is 5.75 Å². The molecule has 1 N–H and O–H groups in total. The highest BCUT2D eigenvalue weighted by atomic mass is 19.1. The highest BCUT2D eigenvalue weighted by molar-refractivity contribution is 5.68. The Bertz CT molecular complexity index is 1430. The van der Waals surface area contributed by atoms with Crippen LogP contribution in [0.1, 0.15) is 57.1 Å². The molecule has 220 valence electrons. The maximum absolute atomic E-state index is 15.0. The van der Waals surface area contributed by atoms with E-state index >= 15 is 4.39 Å². The Morgan fingerprint density at radius 3 is 2.57 bits per heavy atom. The Balaban J connectivity index is 1.23. The van der Waals surface area contributed by atoms with E-state index in [2.05, 4.69) is 38.5 Å². The standard InChI is InChI=1S/C31H35FN6O4/c1-31(2,3)42-30(39)38-13-10-27(25(32)18-38)41-26-9-6-22(16-23(26)17-33)28-34-19-35-29(37-28)36-24-7-4-20(5-8-24)21-11-14-40-15-12-21/h4-9,16,19,21,25,27H,10-15,18H2,1-3H3,(H,34,35,36,37)/t25-,27+/m1/s1. The summed E-state index contributed by atoms with van der Waals surface area (Å²) in [6.45, 7) is 7.04. The summed E-state index contributed by atoms with van der Waals surface area (Å²) in [6, 6.07) is 15.3. The third-order valence-corrected chi connectivity index (χ3v) is 7.20. The lowest BCUT2D eigenvalue weighted by atomic mass is 9.92. The molecule has 2 saturated heterocycles. The Morgan fingerprint density at radius 2 is 1.88 bits per heavy atom. The van der Waals surface area contributed by atoms with Crippen molar-refractivity contribution < 1.29 is 23.4 Å². The highest BCUT2D eigenvalue weighted by Gasteiger charge is 2.35. The van der Waals surface area contributed by atoms with Crippen LogP contribution in [0, 0.1) is 11.3 Å². The van der Waals surface area contributed by atoms with Gasteiger partial charge in [-0.2, -0.15) is 10.2 Å². The molecule has 42 heavy (non-hydrogen) atoms. The molecule has 0 spiro atoms. The Morgan fingerprint density at radius 1 is 1.12 bits per heavy atom. The van der Waals surface area contributed by atoms with Crippen LogP contribution >= 0.6 is 0 Å². The molecule has 0 radical (unpaired) electrons. The van der Waals surface area contributed by atoms with Crippen LogP contribution in [0.3, 0.4) is 0 Å². The monoisotopic (exact) mass is 574 g/mol. The van der Waals surface area contributed by atoms with Crippen LogP contribution in [-0.4, -0.2) is 70.1 Å². The molecule has 1 aromatic heterocycles. The molecule has 0 saturated carbocycles. The molecule has 1 amide bonds. The Labute approximate surface area is 244 Å². The van der Waals surface area contributed by atoms with Gasteiger partial charge in [-0.1, -0.05) is 12.1 Å². The van der Waals surface area contributed by atoms with Crippen LogP contribution in [-0.2, 0) is 9.47 Å². The largest absolute Gasteiger partial charge is 0.486 e. The minimum atomic E-state index is -1.43. The van der Waals surface area contributed by atoms with Gasteiger partial charge in [-0.25, -0.2) is 19.2 Å². The number of nitrogens with one attached hydrogen (secondary N) is 1. The first kappa shape index (κ1) is 29.2. The molecule has 2 fully saturated rings. The van der Waals surface area contributed by atoms with Crippen molar-refractivity contribution in [1.29, 1.82) is 5.26 Å². The molecule has 2 aliphatic rings. The molecule has 2 aliphatic heterocycles. The van der Waals surface area contributed by atoms with E-state index < -0.39 is 24.0 Å². The number of nitriles is 1. The average molecular weight is 575 g/mol. The van der Waals surface area contributed by atoms with E-state index in [1.807, 2.05) is 12.1 Å². The zero-order chi connectivity index (χ0) is 29.7. The van der Waals surface area contributed by atoms with Gasteiger partial charge in [0.2, 0.25) is 5.95 Å². The van der Waals surface area contributed by atoms with Gasteiger partial charge in [0, 0.05) is 37.4 Å². The van der Waals surface area contributed by atoms with Crippen molar-refractivity contribution in [1.82, 2.24) is 19.9 Å². The summed E-state index contributed by atoms with van der Waals surface area (Å²) in [5.41, 5.74) is 2.30. The van der Waals surface area contributed by atoms with Crippen molar-refractivity contribution in [3.63, 3.8) is 0 Å². The number of ether oxygens (including phenoxy) is 3. The number of hydrogen-bond acceptors (Lipinski definition) is 9. The average Bonchev–Trinajstić information content (AvgIpc) is 2.98. The van der Waals surface area contributed by atoms with Crippen LogP contribution in [0.4, 0.5) is 20.8 Å². The minimum absolute atomic E-state index is 0.140. The van der Waals surface area contributed by atoms with Crippen molar-refractivity contribution >= 4 is 17.7 Å². The van der Waals surface area contributed by atoms with Crippen molar-refractivity contribution in [2.24, 2.45) is 0 Å². The number of alkyl halides is 1. The van der Waals surface area contributed by atoms with Gasteiger partial charge in [-0.3, -0.25) is 0 Å². The number of benzene rings is 2. The number of carbonyl (C=O) groups excluding carboxylic acids is 1. The molecule has 5 rings (SSSR count). The minimum Gasteiger partial charge on any atom is -0.486 e. The third-order valence-electron chi connectivity index (χ3n) is 7.20. The topological polar surface area (TPSA) is 122 Å². The van der Waals surface area contributed by atoms with Gasteiger partial charge < -0.3 is 24.4 Å². The molecular weight excluding hydrogens is 539 g/mol. The Kier molecular flexibility index (Phi) is 8.83. The normalized spacial score (nSPS) is 19.5. The van der Waals surface area contributed by atoms with Gasteiger partial charge in [0.05, 0.1) is 12.1 Å². The summed E-state index contributed by atoms with van der Waals surface area (Å²) < 4.78 is 31.7. The van der Waals surface area contributed by atoms with Crippen molar-refractivity contribution in [2.75, 3.05) is 31.6 Å². The maximum atomic E-state index is 15.0. The van der Waals surface area contributed by atoms with Crippen LogP contribution in [0.2, 0.25) is 0 Å². The lowest BCUT2D eigenvalue weighted by Gasteiger charge is -2.35. The van der Waals surface area contributed by atoms with Gasteiger partial charge in [0.15, 0.2) is 12.0 Å². The fourth-order valence-corrected chi connectivity index (χ4v) is 5.02. The molecule has 0 bridgehead atoms. The first-order valence-corrected chi connectivity index (χ1v) is 14.2. The van der Waals surface area contributed by atoms with E-state index in [0.29, 0.717) is 29.8 Å². The SMILES string of the molecule is CC(C)(C)OC(=O)N1CC[C@H](Oc2ccc(-c3ncnc(Nc4ccc(C5CCOCC5)cc4)n3)cc2C#N)[C@H](F)C1. The van der Waals surface area contributed by atoms with E-state index in [9.17, 15) is 10.1 Å². The number of aromatic nitrogens is 3. The lowest BCUT2D eigenvalue weighted by Crippen LogP contribution is -2.50. The van der Waals surface area contributed by atoms with E-state index in [1.54, 1.807) is 39.0 Å². The third kappa shape index (κ3) is 7.31. The fourth-order valence-electron chi connectivity index (χ4n) is 5.02. The number of anilines is 2. The predicted molar refractivity (Wildman–Crippen MR) is 154 cm³/mol. The molecule has 0 aliphatic carbocycles. The summed E-state index contributed by atoms with van der Waals surface area (Å²) in [5.74, 6) is 1.52. The molecule has 2 atom stereocenters. The van der Waals surface area contributed by atoms with Gasteiger partial charge in [0.1, 0.15) is 29.9 Å². The molecule has 10 nitrogen and oxygen atoms in total. The van der Waals surface area contributed by atoms with E-state index in [1.165, 1.54) is 16.8 Å². The van der Waals surface area contributed by atoms with Crippen LogP contribution < -0.4 is 10.1 Å². The molecule has 3 heterocycles. The van der Waals surface area contributed by atoms with Crippen LogP contribution in [0.25, 0.3) is 11.4 Å². The second-order valence-electron chi connectivity index (χ2n) is 11.5. The van der Waals surface area contributed by atoms with E-state index in [4.69, 9.17) is 14.2 Å². The van der Waals surface area contributed by atoms with Crippen LogP contribution in [0.15, 0.2) is 48.8 Å². The second-order valence-corrected chi connectivity index (χ2v) is 11.5. The van der Waals surface area contributed by atoms with E-state index in [-0.39, 0.29) is 24.3 Å². The zero-order valence-electron chi connectivity index (χ0n) is 24.0. The predicted octanol–water partition coefficient (Wildman–Crippen LogP) is 5.77. The molecule has 3 aromatic rings. The Hall–Kier alpha value is -4.30.